The summed E-state index contributed by atoms with van der Waals surface area (Å²) in [6.45, 7) is 0. The molecule has 2 N–H and O–H groups in total. The molecule has 0 aliphatic rings. The van der Waals surface area contributed by atoms with Gasteiger partial charge in [-0.2, -0.15) is 0 Å². The number of hydrogen-bond acceptors (Lipinski definition) is 5. The largest absolute Gasteiger partial charge is 0.399 e. The summed E-state index contributed by atoms with van der Waals surface area (Å²) in [5.74, 6) is -0.925. The lowest BCUT2D eigenvalue weighted by molar-refractivity contribution is 0.590. The Morgan fingerprint density at radius 3 is 2.24 bits per heavy atom. The minimum atomic E-state index is -3.71. The van der Waals surface area contributed by atoms with E-state index in [1.165, 1.54) is 18.2 Å². The molecule has 8 heteroatoms. The Morgan fingerprint density at radius 2 is 1.76 bits per heavy atom. The smallest absolute Gasteiger partial charge is 0.180 e. The van der Waals surface area contributed by atoms with E-state index in [1.807, 2.05) is 0 Å². The first kappa shape index (κ1) is 14.3. The highest BCUT2D eigenvalue weighted by atomic mass is 35.5. The molecule has 0 aliphatic carbocycles. The van der Waals surface area contributed by atoms with E-state index in [4.69, 9.17) is 17.3 Å². The van der Waals surface area contributed by atoms with Crippen molar-refractivity contribution in [1.82, 2.24) is 0 Å². The van der Waals surface area contributed by atoms with Crippen molar-refractivity contribution in [2.75, 3.05) is 23.5 Å². The van der Waals surface area contributed by atoms with Crippen LogP contribution in [0.3, 0.4) is 0 Å². The Bertz CT molecular complexity index is 622. The number of hydrogen-bond donors (Lipinski definition) is 1. The average molecular weight is 298 g/mol. The second-order valence-electron chi connectivity index (χ2n) is 3.64. The van der Waals surface area contributed by atoms with E-state index in [-0.39, 0.29) is 9.92 Å². The minimum absolute atomic E-state index is 0.00139. The molecule has 0 unspecified atom stereocenters. The molecule has 0 spiro atoms. The standard InChI is InChI=1S/C9H12ClNO4S2/c1-16(12,13)4-5-17(14,15)9-3-2-7(11)6-8(9)10/h2-3,6H,4-5,11H2,1H3. The predicted octanol–water partition coefficient (Wildman–Crippen LogP) is 0.740. The maximum absolute atomic E-state index is 11.8. The van der Waals surface area contributed by atoms with E-state index in [9.17, 15) is 16.8 Å². The Morgan fingerprint density at radius 1 is 1.18 bits per heavy atom. The molecule has 0 atom stereocenters. The molecule has 17 heavy (non-hydrogen) atoms. The van der Waals surface area contributed by atoms with Crippen molar-refractivity contribution in [2.24, 2.45) is 0 Å². The number of nitrogen functional groups attached to an aromatic ring is 1. The van der Waals surface area contributed by atoms with Crippen molar-refractivity contribution in [3.05, 3.63) is 23.2 Å². The lowest BCUT2D eigenvalue weighted by atomic mass is 10.3. The van der Waals surface area contributed by atoms with Crippen LogP contribution in [0.1, 0.15) is 0 Å². The van der Waals surface area contributed by atoms with Gasteiger partial charge in [-0.15, -0.1) is 0 Å². The minimum Gasteiger partial charge on any atom is -0.399 e. The number of benzene rings is 1. The van der Waals surface area contributed by atoms with Gasteiger partial charge in [0.1, 0.15) is 9.84 Å². The fourth-order valence-corrected chi connectivity index (χ4v) is 4.62. The van der Waals surface area contributed by atoms with Gasteiger partial charge in [0.15, 0.2) is 9.84 Å². The first-order chi connectivity index (χ1) is 7.62. The van der Waals surface area contributed by atoms with Crippen molar-refractivity contribution in [3.8, 4) is 0 Å². The molecule has 0 saturated heterocycles. The Labute approximate surface area is 105 Å². The molecular formula is C9H12ClNO4S2. The number of sulfone groups is 2. The zero-order chi connectivity index (χ0) is 13.3. The van der Waals surface area contributed by atoms with Crippen LogP contribution in [-0.2, 0) is 19.7 Å². The SMILES string of the molecule is CS(=O)(=O)CCS(=O)(=O)c1ccc(N)cc1Cl. The van der Waals surface area contributed by atoms with Crippen LogP contribution in [0.15, 0.2) is 23.1 Å². The molecule has 5 nitrogen and oxygen atoms in total. The van der Waals surface area contributed by atoms with Gasteiger partial charge in [0.25, 0.3) is 0 Å². The molecule has 0 saturated carbocycles. The third kappa shape index (κ3) is 4.18. The summed E-state index contributed by atoms with van der Waals surface area (Å²) in [6.07, 6.45) is 0.979. The van der Waals surface area contributed by atoms with Crippen LogP contribution < -0.4 is 5.73 Å². The van der Waals surface area contributed by atoms with E-state index in [2.05, 4.69) is 0 Å². The first-order valence-electron chi connectivity index (χ1n) is 4.57. The molecule has 0 aromatic heterocycles. The fraction of sp³-hybridized carbons (Fsp3) is 0.333. The van der Waals surface area contributed by atoms with Crippen LogP contribution in [0.25, 0.3) is 0 Å². The normalized spacial score (nSPS) is 12.6. The summed E-state index contributed by atoms with van der Waals surface area (Å²) in [4.78, 5) is -0.1000. The molecule has 0 fully saturated rings. The van der Waals surface area contributed by atoms with Gasteiger partial charge in [-0.1, -0.05) is 11.6 Å². The van der Waals surface area contributed by atoms with E-state index in [0.717, 1.165) is 6.26 Å². The van der Waals surface area contributed by atoms with Crippen LogP contribution in [0, 0.1) is 0 Å². The van der Waals surface area contributed by atoms with E-state index >= 15 is 0 Å². The monoisotopic (exact) mass is 297 g/mol. The first-order valence-corrected chi connectivity index (χ1v) is 8.66. The van der Waals surface area contributed by atoms with Crippen molar-refractivity contribution in [2.45, 2.75) is 4.90 Å². The lowest BCUT2D eigenvalue weighted by Crippen LogP contribution is -2.16. The zero-order valence-corrected chi connectivity index (χ0v) is 11.4. The van der Waals surface area contributed by atoms with Crippen molar-refractivity contribution < 1.29 is 16.8 Å². The van der Waals surface area contributed by atoms with Gasteiger partial charge in [0, 0.05) is 11.9 Å². The number of nitrogens with two attached hydrogens (primary N) is 1. The van der Waals surface area contributed by atoms with Crippen LogP contribution in [-0.4, -0.2) is 34.6 Å². The van der Waals surface area contributed by atoms with Gasteiger partial charge in [-0.3, -0.25) is 0 Å². The molecule has 1 aromatic rings. The van der Waals surface area contributed by atoms with Gasteiger partial charge in [0.05, 0.1) is 21.4 Å². The van der Waals surface area contributed by atoms with Gasteiger partial charge in [0.2, 0.25) is 0 Å². The van der Waals surface area contributed by atoms with E-state index in [0.29, 0.717) is 5.69 Å². The Balaban J connectivity index is 3.06. The molecule has 0 bridgehead atoms. The molecule has 0 radical (unpaired) electrons. The summed E-state index contributed by atoms with van der Waals surface area (Å²) in [7, 11) is -7.04. The van der Waals surface area contributed by atoms with Crippen LogP contribution >= 0.6 is 11.6 Å². The molecule has 1 aromatic carbocycles. The summed E-state index contributed by atoms with van der Waals surface area (Å²) in [5, 5.41) is -0.00139. The van der Waals surface area contributed by atoms with Gasteiger partial charge >= 0.3 is 0 Å². The second kappa shape index (κ2) is 4.83. The van der Waals surface area contributed by atoms with Gasteiger partial charge < -0.3 is 5.73 Å². The highest BCUT2D eigenvalue weighted by Gasteiger charge is 2.20. The van der Waals surface area contributed by atoms with Crippen LogP contribution in [0.4, 0.5) is 5.69 Å². The fourth-order valence-electron chi connectivity index (χ4n) is 1.14. The maximum Gasteiger partial charge on any atom is 0.180 e. The number of halogens is 1. The maximum atomic E-state index is 11.8. The lowest BCUT2D eigenvalue weighted by Gasteiger charge is -2.06. The van der Waals surface area contributed by atoms with E-state index in [1.54, 1.807) is 0 Å². The summed E-state index contributed by atoms with van der Waals surface area (Å²) < 4.78 is 45.5. The molecular weight excluding hydrogens is 286 g/mol. The topological polar surface area (TPSA) is 94.3 Å². The third-order valence-corrected chi connectivity index (χ3v) is 5.41. The summed E-state index contributed by atoms with van der Waals surface area (Å²) >= 11 is 5.76. The van der Waals surface area contributed by atoms with Crippen LogP contribution in [0.2, 0.25) is 5.02 Å². The highest BCUT2D eigenvalue weighted by Crippen LogP contribution is 2.24. The van der Waals surface area contributed by atoms with Gasteiger partial charge in [-0.05, 0) is 18.2 Å². The number of anilines is 1. The van der Waals surface area contributed by atoms with Gasteiger partial charge in [-0.25, -0.2) is 16.8 Å². The average Bonchev–Trinajstić information content (AvgIpc) is 2.13. The third-order valence-electron chi connectivity index (χ3n) is 2.01. The number of rotatable bonds is 4. The highest BCUT2D eigenvalue weighted by molar-refractivity contribution is 7.94. The second-order valence-corrected chi connectivity index (χ2v) is 8.38. The van der Waals surface area contributed by atoms with Crippen molar-refractivity contribution in [3.63, 3.8) is 0 Å². The zero-order valence-electron chi connectivity index (χ0n) is 9.05. The van der Waals surface area contributed by atoms with Crippen molar-refractivity contribution >= 4 is 37.0 Å². The quantitative estimate of drug-likeness (QED) is 0.827. The van der Waals surface area contributed by atoms with Crippen molar-refractivity contribution in [1.29, 1.82) is 0 Å². The Hall–Kier alpha value is -0.790. The molecule has 0 amide bonds. The molecule has 0 heterocycles. The summed E-state index contributed by atoms with van der Waals surface area (Å²) in [5.41, 5.74) is 5.78. The van der Waals surface area contributed by atoms with Crippen LogP contribution in [0.5, 0.6) is 0 Å². The predicted molar refractivity (Wildman–Crippen MR) is 67.6 cm³/mol. The molecule has 0 aliphatic heterocycles. The molecule has 96 valence electrons. The summed E-state index contributed by atoms with van der Waals surface area (Å²) in [6, 6.07) is 3.99. The molecule has 1 rings (SSSR count). The Kier molecular flexibility index (Phi) is 4.06. The van der Waals surface area contributed by atoms with E-state index < -0.39 is 31.2 Å².